The van der Waals surface area contributed by atoms with Crippen LogP contribution in [-0.2, 0) is 20.8 Å². The van der Waals surface area contributed by atoms with Gasteiger partial charge < -0.3 is 0 Å². The second kappa shape index (κ2) is 21.3. The molecule has 0 spiro atoms. The van der Waals surface area contributed by atoms with Gasteiger partial charge in [0.05, 0.1) is 0 Å². The molecule has 1 heterocycles. The van der Waals surface area contributed by atoms with Gasteiger partial charge in [-0.05, 0) is 0 Å². The van der Waals surface area contributed by atoms with Gasteiger partial charge in [0.1, 0.15) is 0 Å². The number of nitrogens with zero attached hydrogens (tertiary/aromatic N) is 1. The Morgan fingerprint density at radius 3 is 2.05 bits per heavy atom. The van der Waals surface area contributed by atoms with Gasteiger partial charge in [-0.25, -0.2) is 0 Å². The van der Waals surface area contributed by atoms with Crippen LogP contribution in [0.4, 0.5) is 0 Å². The van der Waals surface area contributed by atoms with E-state index >= 15 is 0 Å². The first-order valence-electron chi connectivity index (χ1n) is 16.5. The predicted octanol–water partition coefficient (Wildman–Crippen LogP) is 9.91. The van der Waals surface area contributed by atoms with Crippen molar-refractivity contribution in [2.24, 2.45) is 4.99 Å². The summed E-state index contributed by atoms with van der Waals surface area (Å²) in [5.41, 5.74) is 1.27. The molecule has 0 radical (unpaired) electrons. The van der Waals surface area contributed by atoms with Crippen LogP contribution in [-0.4, -0.2) is 54.3 Å². The maximum atomic E-state index is 6.04. The number of benzene rings is 1. The fraction of sp³-hybridized carbons (Fsp3) is 0.794. The molecule has 0 aromatic heterocycles. The molecule has 0 aliphatic carbocycles. The monoisotopic (exact) mass is 651 g/mol. The topological polar surface area (TPSA) is 40.0 Å². The molecule has 0 amide bonds. The van der Waals surface area contributed by atoms with Crippen LogP contribution in [0, 0.1) is 0 Å². The minimum atomic E-state index is -2.46. The summed E-state index contributed by atoms with van der Waals surface area (Å²) in [6, 6.07) is 10.6. The molecule has 4 nitrogen and oxygen atoms in total. The SMILES string of the molecule is CCC[CH2][Sn]([CH2]CCC)([CH2]CCC)[CH](CCCCOCc1ccccc1)/N=C/CCCC1(CCC)OCCO1. The van der Waals surface area contributed by atoms with Crippen molar-refractivity contribution in [1.29, 1.82) is 0 Å². The van der Waals surface area contributed by atoms with Gasteiger partial charge in [-0.3, -0.25) is 0 Å². The molecule has 39 heavy (non-hydrogen) atoms. The summed E-state index contributed by atoms with van der Waals surface area (Å²) in [7, 11) is 0. The van der Waals surface area contributed by atoms with Crippen molar-refractivity contribution in [1.82, 2.24) is 0 Å². The van der Waals surface area contributed by atoms with Gasteiger partial charge in [0.2, 0.25) is 0 Å². The van der Waals surface area contributed by atoms with E-state index in [0.717, 1.165) is 65.0 Å². The standard InChI is InChI=1S/C22H34NO3.3C4H9.Sn/c1-2-13-22(25-18-19-26-22)14-7-9-16-23-15-8-4-10-17-24-20-21-11-5-3-6-12-21;3*1-3-4-2;/h3,5-6,11-12,15-16H,2,4,7-10,13-14,17-20H2,1H3;3*1,3-4H2,2H3;/b23-16+;;;;. The number of aliphatic imine (C=N–C) groups is 1. The molecule has 0 N–H and O–H groups in total. The Bertz CT molecular complexity index is 713. The van der Waals surface area contributed by atoms with Crippen molar-refractivity contribution >= 4 is 24.6 Å². The van der Waals surface area contributed by atoms with E-state index in [0.29, 0.717) is 4.06 Å². The van der Waals surface area contributed by atoms with Gasteiger partial charge in [-0.1, -0.05) is 0 Å². The van der Waals surface area contributed by atoms with Gasteiger partial charge in [-0.2, -0.15) is 0 Å². The van der Waals surface area contributed by atoms with Crippen LogP contribution in [0.3, 0.4) is 0 Å². The Morgan fingerprint density at radius 2 is 1.46 bits per heavy atom. The average molecular weight is 651 g/mol. The second-order valence-electron chi connectivity index (χ2n) is 11.8. The zero-order valence-corrected chi connectivity index (χ0v) is 28.9. The first-order valence-corrected chi connectivity index (χ1v) is 24.2. The van der Waals surface area contributed by atoms with Crippen LogP contribution in [0.15, 0.2) is 35.3 Å². The summed E-state index contributed by atoms with van der Waals surface area (Å²) in [5, 5.41) is 0. The van der Waals surface area contributed by atoms with Gasteiger partial charge in [0.15, 0.2) is 0 Å². The summed E-state index contributed by atoms with van der Waals surface area (Å²) in [4.78, 5) is 5.50. The van der Waals surface area contributed by atoms with E-state index in [1.165, 1.54) is 70.2 Å². The van der Waals surface area contributed by atoms with Crippen LogP contribution >= 0.6 is 0 Å². The van der Waals surface area contributed by atoms with Crippen LogP contribution in [0.2, 0.25) is 13.3 Å². The zero-order chi connectivity index (χ0) is 28.1. The summed E-state index contributed by atoms with van der Waals surface area (Å²) < 4.78 is 23.3. The summed E-state index contributed by atoms with van der Waals surface area (Å²) >= 11 is -2.46. The molecule has 1 atom stereocenters. The van der Waals surface area contributed by atoms with Crippen molar-refractivity contribution < 1.29 is 14.2 Å². The number of ether oxygens (including phenoxy) is 3. The van der Waals surface area contributed by atoms with Crippen LogP contribution in [0.5, 0.6) is 0 Å². The second-order valence-corrected chi connectivity index (χ2v) is 25.8. The predicted molar refractivity (Wildman–Crippen MR) is 171 cm³/mol. The maximum absolute atomic E-state index is 6.04. The Hall–Kier alpha value is -0.431. The van der Waals surface area contributed by atoms with E-state index in [4.69, 9.17) is 19.2 Å². The third-order valence-electron chi connectivity index (χ3n) is 8.54. The van der Waals surface area contributed by atoms with Crippen molar-refractivity contribution in [3.63, 3.8) is 0 Å². The fourth-order valence-electron chi connectivity index (χ4n) is 6.26. The van der Waals surface area contributed by atoms with Gasteiger partial charge in [-0.15, -0.1) is 0 Å². The van der Waals surface area contributed by atoms with E-state index < -0.39 is 18.4 Å². The molecule has 1 aromatic rings. The van der Waals surface area contributed by atoms with Gasteiger partial charge in [0, 0.05) is 0 Å². The van der Waals surface area contributed by atoms with Crippen molar-refractivity contribution in [2.45, 2.75) is 147 Å². The van der Waals surface area contributed by atoms with E-state index in [1.807, 2.05) is 0 Å². The Kier molecular flexibility index (Phi) is 19.0. The number of rotatable bonds is 24. The molecule has 2 rings (SSSR count). The molecule has 1 fully saturated rings. The molecule has 0 bridgehead atoms. The van der Waals surface area contributed by atoms with Crippen molar-refractivity contribution in [3.8, 4) is 0 Å². The van der Waals surface area contributed by atoms with E-state index in [-0.39, 0.29) is 5.79 Å². The quantitative estimate of drug-likeness (QED) is 0.0636. The molecule has 1 saturated heterocycles. The summed E-state index contributed by atoms with van der Waals surface area (Å²) in [5.74, 6) is -0.325. The first kappa shape index (κ1) is 34.8. The molecule has 1 unspecified atom stereocenters. The van der Waals surface area contributed by atoms with E-state index in [2.05, 4.69) is 64.2 Å². The Morgan fingerprint density at radius 1 is 0.821 bits per heavy atom. The molecule has 1 aliphatic rings. The third-order valence-corrected chi connectivity index (χ3v) is 25.4. The zero-order valence-electron chi connectivity index (χ0n) is 26.1. The van der Waals surface area contributed by atoms with Crippen molar-refractivity contribution in [2.75, 3.05) is 19.8 Å². The normalized spacial score (nSPS) is 16.3. The number of hydrogen-bond donors (Lipinski definition) is 0. The number of hydrogen-bond acceptors (Lipinski definition) is 4. The third kappa shape index (κ3) is 13.4. The molecule has 0 saturated carbocycles. The van der Waals surface area contributed by atoms with Crippen LogP contribution in [0.25, 0.3) is 0 Å². The van der Waals surface area contributed by atoms with Crippen LogP contribution in [0.1, 0.15) is 123 Å². The minimum absolute atomic E-state index is 0.325. The molecule has 1 aliphatic heterocycles. The average Bonchev–Trinajstić information content (AvgIpc) is 3.42. The Labute approximate surface area is 245 Å². The van der Waals surface area contributed by atoms with Gasteiger partial charge >= 0.3 is 247 Å². The summed E-state index contributed by atoms with van der Waals surface area (Å²) in [6.45, 7) is 12.4. The van der Waals surface area contributed by atoms with Crippen LogP contribution < -0.4 is 0 Å². The van der Waals surface area contributed by atoms with Crippen molar-refractivity contribution in [3.05, 3.63) is 35.9 Å². The fourth-order valence-corrected chi connectivity index (χ4v) is 23.8. The Balaban J connectivity index is 2.01. The number of unbranched alkanes of at least 4 members (excludes halogenated alkanes) is 5. The summed E-state index contributed by atoms with van der Waals surface area (Å²) in [6.07, 6.45) is 19.4. The van der Waals surface area contributed by atoms with E-state index in [1.54, 1.807) is 0 Å². The molecular formula is C34H61NO3Sn. The van der Waals surface area contributed by atoms with E-state index in [9.17, 15) is 0 Å². The molecule has 5 heteroatoms. The van der Waals surface area contributed by atoms with Gasteiger partial charge in [0.25, 0.3) is 0 Å². The first-order chi connectivity index (χ1) is 19.1. The molecule has 224 valence electrons. The molecular weight excluding hydrogens is 589 g/mol. The molecule has 1 aromatic carbocycles.